The summed E-state index contributed by atoms with van der Waals surface area (Å²) in [6.45, 7) is 6.21. The van der Waals surface area contributed by atoms with Gasteiger partial charge in [0.05, 0.1) is 16.6 Å². The van der Waals surface area contributed by atoms with Crippen molar-refractivity contribution in [1.29, 1.82) is 0 Å². The minimum atomic E-state index is -0.700. The number of hydrogen-bond acceptors (Lipinski definition) is 3. The SMILES string of the molecule is CCn1c(=O)c(=O)[nH]c2cc(C(=O)NC(CC)(CC)c3ccc(Cl)cc3)ccc21. The second kappa shape index (κ2) is 8.25. The first-order valence-corrected chi connectivity index (χ1v) is 10.1. The molecule has 0 radical (unpaired) electrons. The Labute approximate surface area is 173 Å². The molecular weight excluding hydrogens is 390 g/mol. The van der Waals surface area contributed by atoms with Gasteiger partial charge >= 0.3 is 11.1 Å². The van der Waals surface area contributed by atoms with Gasteiger partial charge in [-0.25, -0.2) is 0 Å². The smallest absolute Gasteiger partial charge is 0.316 e. The highest BCUT2D eigenvalue weighted by Gasteiger charge is 2.30. The van der Waals surface area contributed by atoms with E-state index in [9.17, 15) is 14.4 Å². The molecule has 1 amide bonds. The lowest BCUT2D eigenvalue weighted by molar-refractivity contribution is 0.0889. The number of H-pyrrole nitrogens is 1. The van der Waals surface area contributed by atoms with E-state index in [0.717, 1.165) is 5.56 Å². The minimum absolute atomic E-state index is 0.249. The summed E-state index contributed by atoms with van der Waals surface area (Å²) >= 11 is 6.01. The maximum atomic E-state index is 13.1. The minimum Gasteiger partial charge on any atom is -0.343 e. The molecular formula is C22H24ClN3O3. The van der Waals surface area contributed by atoms with Gasteiger partial charge in [-0.2, -0.15) is 0 Å². The number of halogens is 1. The molecule has 1 heterocycles. The Balaban J connectivity index is 2.01. The van der Waals surface area contributed by atoms with Crippen molar-refractivity contribution in [2.75, 3.05) is 0 Å². The lowest BCUT2D eigenvalue weighted by atomic mass is 9.84. The van der Waals surface area contributed by atoms with Crippen molar-refractivity contribution >= 4 is 28.5 Å². The van der Waals surface area contributed by atoms with Crippen molar-refractivity contribution in [3.8, 4) is 0 Å². The third-order valence-corrected chi connectivity index (χ3v) is 5.76. The molecule has 7 heteroatoms. The first-order chi connectivity index (χ1) is 13.8. The van der Waals surface area contributed by atoms with Crippen molar-refractivity contribution in [2.45, 2.75) is 45.7 Å². The molecule has 0 aliphatic carbocycles. The molecule has 6 nitrogen and oxygen atoms in total. The van der Waals surface area contributed by atoms with Crippen LogP contribution in [0.2, 0.25) is 5.02 Å². The molecule has 0 saturated carbocycles. The van der Waals surface area contributed by atoms with E-state index >= 15 is 0 Å². The third kappa shape index (κ3) is 3.85. The van der Waals surface area contributed by atoms with Crippen LogP contribution in [0.15, 0.2) is 52.1 Å². The molecule has 0 bridgehead atoms. The molecule has 29 heavy (non-hydrogen) atoms. The summed E-state index contributed by atoms with van der Waals surface area (Å²) in [6.07, 6.45) is 1.41. The van der Waals surface area contributed by atoms with Crippen LogP contribution < -0.4 is 16.4 Å². The van der Waals surface area contributed by atoms with Gasteiger partial charge in [-0.1, -0.05) is 37.6 Å². The van der Waals surface area contributed by atoms with Crippen LogP contribution in [0, 0.1) is 0 Å². The van der Waals surface area contributed by atoms with Crippen molar-refractivity contribution in [3.63, 3.8) is 0 Å². The quantitative estimate of drug-likeness (QED) is 0.602. The summed E-state index contributed by atoms with van der Waals surface area (Å²) in [5.74, 6) is -0.249. The standard InChI is InChI=1S/C22H24ClN3O3/c1-4-22(5-2,15-8-10-16(23)11-9-15)25-19(27)14-7-12-18-17(13-14)24-20(28)21(29)26(18)6-3/h7-13H,4-6H2,1-3H3,(H,24,28)(H,25,27). The Morgan fingerprint density at radius 1 is 1.07 bits per heavy atom. The summed E-state index contributed by atoms with van der Waals surface area (Å²) in [5.41, 5.74) is 0.596. The number of fused-ring (bicyclic) bond motifs is 1. The first kappa shape index (κ1) is 20.9. The van der Waals surface area contributed by atoms with E-state index in [-0.39, 0.29) is 5.91 Å². The van der Waals surface area contributed by atoms with Gasteiger partial charge in [0.25, 0.3) is 5.91 Å². The van der Waals surface area contributed by atoms with Crippen LogP contribution >= 0.6 is 11.6 Å². The van der Waals surface area contributed by atoms with Crippen LogP contribution in [0.3, 0.4) is 0 Å². The number of aromatic amines is 1. The average Bonchev–Trinajstić information content (AvgIpc) is 2.73. The predicted octanol–water partition coefficient (Wildman–Crippen LogP) is 3.81. The third-order valence-electron chi connectivity index (χ3n) is 5.51. The Hall–Kier alpha value is -2.86. The van der Waals surface area contributed by atoms with Crippen LogP contribution in [0.5, 0.6) is 0 Å². The Kier molecular flexibility index (Phi) is 5.94. The molecule has 2 N–H and O–H groups in total. The van der Waals surface area contributed by atoms with Gasteiger partial charge in [-0.3, -0.25) is 14.4 Å². The zero-order valence-corrected chi connectivity index (χ0v) is 17.5. The fraction of sp³-hybridized carbons (Fsp3) is 0.318. The highest BCUT2D eigenvalue weighted by molar-refractivity contribution is 6.30. The van der Waals surface area contributed by atoms with Crippen LogP contribution in [-0.4, -0.2) is 15.5 Å². The van der Waals surface area contributed by atoms with Crippen molar-refractivity contribution < 1.29 is 4.79 Å². The number of carbonyl (C=O) groups excluding carboxylic acids is 1. The number of hydrogen-bond donors (Lipinski definition) is 2. The summed E-state index contributed by atoms with van der Waals surface area (Å²) in [4.78, 5) is 39.6. The summed E-state index contributed by atoms with van der Waals surface area (Å²) in [7, 11) is 0. The number of aryl methyl sites for hydroxylation is 1. The van der Waals surface area contributed by atoms with Crippen molar-refractivity contribution in [1.82, 2.24) is 14.9 Å². The Bertz CT molecular complexity index is 1160. The molecule has 0 saturated heterocycles. The highest BCUT2D eigenvalue weighted by Crippen LogP contribution is 2.30. The summed E-state index contributed by atoms with van der Waals surface area (Å²) in [6, 6.07) is 12.4. The summed E-state index contributed by atoms with van der Waals surface area (Å²) < 4.78 is 1.39. The average molecular weight is 414 g/mol. The van der Waals surface area contributed by atoms with Crippen LogP contribution in [0.25, 0.3) is 11.0 Å². The van der Waals surface area contributed by atoms with E-state index in [1.54, 1.807) is 25.1 Å². The topological polar surface area (TPSA) is 84.0 Å². The van der Waals surface area contributed by atoms with E-state index in [2.05, 4.69) is 10.3 Å². The van der Waals surface area contributed by atoms with Crippen LogP contribution in [0.4, 0.5) is 0 Å². The van der Waals surface area contributed by atoms with Gasteiger partial charge < -0.3 is 14.9 Å². The molecule has 0 aliphatic heterocycles. The molecule has 0 spiro atoms. The molecule has 152 valence electrons. The second-order valence-corrected chi connectivity index (χ2v) is 7.42. The molecule has 0 unspecified atom stereocenters. The van der Waals surface area contributed by atoms with E-state index in [4.69, 9.17) is 11.6 Å². The van der Waals surface area contributed by atoms with Crippen molar-refractivity contribution in [2.24, 2.45) is 0 Å². The number of benzene rings is 2. The zero-order chi connectivity index (χ0) is 21.2. The van der Waals surface area contributed by atoms with Gasteiger partial charge in [0.15, 0.2) is 0 Å². The molecule has 0 aliphatic rings. The number of amides is 1. The van der Waals surface area contributed by atoms with E-state index < -0.39 is 16.7 Å². The molecule has 0 atom stereocenters. The number of rotatable bonds is 6. The van der Waals surface area contributed by atoms with Gasteiger partial charge in [0.2, 0.25) is 0 Å². The lowest BCUT2D eigenvalue weighted by Gasteiger charge is -2.33. The highest BCUT2D eigenvalue weighted by atomic mass is 35.5. The Morgan fingerprint density at radius 3 is 2.31 bits per heavy atom. The maximum absolute atomic E-state index is 13.1. The summed E-state index contributed by atoms with van der Waals surface area (Å²) in [5, 5.41) is 3.80. The monoisotopic (exact) mass is 413 g/mol. The lowest BCUT2D eigenvalue weighted by Crippen LogP contribution is -2.45. The molecule has 3 rings (SSSR count). The molecule has 0 fully saturated rings. The Morgan fingerprint density at radius 2 is 1.72 bits per heavy atom. The molecule has 2 aromatic carbocycles. The fourth-order valence-corrected chi connectivity index (χ4v) is 3.83. The predicted molar refractivity (Wildman–Crippen MR) is 116 cm³/mol. The second-order valence-electron chi connectivity index (χ2n) is 6.99. The first-order valence-electron chi connectivity index (χ1n) is 9.70. The van der Waals surface area contributed by atoms with E-state index in [1.165, 1.54) is 4.57 Å². The maximum Gasteiger partial charge on any atom is 0.316 e. The number of carbonyl (C=O) groups is 1. The largest absolute Gasteiger partial charge is 0.343 e. The molecule has 1 aromatic heterocycles. The van der Waals surface area contributed by atoms with Crippen molar-refractivity contribution in [3.05, 3.63) is 79.3 Å². The van der Waals surface area contributed by atoms with Crippen LogP contribution in [0.1, 0.15) is 49.5 Å². The van der Waals surface area contributed by atoms with Gasteiger partial charge in [-0.15, -0.1) is 0 Å². The van der Waals surface area contributed by atoms with Gasteiger partial charge in [-0.05, 0) is 55.7 Å². The zero-order valence-electron chi connectivity index (χ0n) is 16.7. The number of nitrogens with zero attached hydrogens (tertiary/aromatic N) is 1. The van der Waals surface area contributed by atoms with E-state index in [0.29, 0.717) is 41.0 Å². The van der Waals surface area contributed by atoms with Crippen LogP contribution in [-0.2, 0) is 12.1 Å². The number of aromatic nitrogens is 2. The normalized spacial score (nSPS) is 11.6. The van der Waals surface area contributed by atoms with Gasteiger partial charge in [0.1, 0.15) is 0 Å². The number of nitrogens with one attached hydrogen (secondary N) is 2. The van der Waals surface area contributed by atoms with Gasteiger partial charge in [0, 0.05) is 17.1 Å². The fourth-order valence-electron chi connectivity index (χ4n) is 3.70. The molecule has 3 aromatic rings. The van der Waals surface area contributed by atoms with E-state index in [1.807, 2.05) is 38.1 Å².